The summed E-state index contributed by atoms with van der Waals surface area (Å²) in [4.78, 5) is 17.2. The molecule has 6 nitrogen and oxygen atoms in total. The van der Waals surface area contributed by atoms with Gasteiger partial charge < -0.3 is 20.1 Å². The fraction of sp³-hybridized carbons (Fsp3) is 0.120. The quantitative estimate of drug-likeness (QED) is 0.409. The van der Waals surface area contributed by atoms with Gasteiger partial charge in [0.05, 0.1) is 24.9 Å². The van der Waals surface area contributed by atoms with E-state index < -0.39 is 0 Å². The topological polar surface area (TPSA) is 72.5 Å². The Morgan fingerprint density at radius 1 is 0.903 bits per heavy atom. The van der Waals surface area contributed by atoms with Crippen molar-refractivity contribution >= 4 is 28.3 Å². The SMILES string of the molecule is CCOc1cc(-c2ccccc2)nc2ccc(NC(=O)Nc3ccc(OC)cc3)cc12. The summed E-state index contributed by atoms with van der Waals surface area (Å²) < 4.78 is 11.0. The number of anilines is 2. The van der Waals surface area contributed by atoms with Crippen molar-refractivity contribution in [3.8, 4) is 22.8 Å². The van der Waals surface area contributed by atoms with Crippen LogP contribution in [0.15, 0.2) is 78.9 Å². The number of carbonyl (C=O) groups is 1. The van der Waals surface area contributed by atoms with E-state index in [1.807, 2.05) is 61.5 Å². The Hall–Kier alpha value is -4.06. The van der Waals surface area contributed by atoms with Gasteiger partial charge in [0.15, 0.2) is 0 Å². The number of carbonyl (C=O) groups excluding carboxylic acids is 1. The Labute approximate surface area is 180 Å². The van der Waals surface area contributed by atoms with Crippen molar-refractivity contribution in [3.63, 3.8) is 0 Å². The third-order valence-electron chi connectivity index (χ3n) is 4.75. The van der Waals surface area contributed by atoms with Crippen molar-refractivity contribution in [1.29, 1.82) is 0 Å². The molecular formula is C25H23N3O3. The van der Waals surface area contributed by atoms with Crippen molar-refractivity contribution in [2.75, 3.05) is 24.4 Å². The van der Waals surface area contributed by atoms with Gasteiger partial charge in [-0.15, -0.1) is 0 Å². The minimum Gasteiger partial charge on any atom is -0.497 e. The molecular weight excluding hydrogens is 390 g/mol. The number of aromatic nitrogens is 1. The van der Waals surface area contributed by atoms with Crippen LogP contribution < -0.4 is 20.1 Å². The monoisotopic (exact) mass is 413 g/mol. The molecule has 0 fully saturated rings. The van der Waals surface area contributed by atoms with Gasteiger partial charge in [0.2, 0.25) is 0 Å². The number of hydrogen-bond donors (Lipinski definition) is 2. The van der Waals surface area contributed by atoms with E-state index in [0.29, 0.717) is 18.0 Å². The van der Waals surface area contributed by atoms with Gasteiger partial charge in [-0.05, 0) is 49.4 Å². The largest absolute Gasteiger partial charge is 0.497 e. The normalized spacial score (nSPS) is 10.5. The van der Waals surface area contributed by atoms with E-state index in [9.17, 15) is 4.79 Å². The van der Waals surface area contributed by atoms with Crippen molar-refractivity contribution in [3.05, 3.63) is 78.9 Å². The van der Waals surface area contributed by atoms with E-state index in [2.05, 4.69) is 10.6 Å². The van der Waals surface area contributed by atoms with Crippen LogP contribution in [0.1, 0.15) is 6.92 Å². The highest BCUT2D eigenvalue weighted by Gasteiger charge is 2.11. The first-order valence-electron chi connectivity index (χ1n) is 10.0. The lowest BCUT2D eigenvalue weighted by Crippen LogP contribution is -2.19. The Balaban J connectivity index is 1.59. The van der Waals surface area contributed by atoms with Gasteiger partial charge in [-0.2, -0.15) is 0 Å². The van der Waals surface area contributed by atoms with Gasteiger partial charge >= 0.3 is 6.03 Å². The van der Waals surface area contributed by atoms with Gasteiger partial charge in [-0.3, -0.25) is 0 Å². The lowest BCUT2D eigenvalue weighted by molar-refractivity contribution is 0.262. The summed E-state index contributed by atoms with van der Waals surface area (Å²) in [6.45, 7) is 2.47. The summed E-state index contributed by atoms with van der Waals surface area (Å²) in [7, 11) is 1.60. The molecule has 0 aliphatic carbocycles. The number of amides is 2. The molecule has 6 heteroatoms. The standard InChI is InChI=1S/C25H23N3O3/c1-3-31-24-16-23(17-7-5-4-6-8-17)28-22-14-11-19(15-21(22)24)27-25(29)26-18-9-12-20(30-2)13-10-18/h4-16H,3H2,1-2H3,(H2,26,27,29). The first-order chi connectivity index (χ1) is 15.2. The third-order valence-corrected chi connectivity index (χ3v) is 4.75. The zero-order valence-electron chi connectivity index (χ0n) is 17.4. The maximum atomic E-state index is 12.4. The molecule has 0 unspecified atom stereocenters. The predicted octanol–water partition coefficient (Wildman–Crippen LogP) is 5.95. The van der Waals surface area contributed by atoms with Gasteiger partial charge in [0.25, 0.3) is 0 Å². The van der Waals surface area contributed by atoms with E-state index in [1.165, 1.54) is 0 Å². The number of pyridine rings is 1. The number of fused-ring (bicyclic) bond motifs is 1. The van der Waals surface area contributed by atoms with Crippen LogP contribution in [0.25, 0.3) is 22.2 Å². The van der Waals surface area contributed by atoms with Crippen LogP contribution in [0.2, 0.25) is 0 Å². The molecule has 0 bridgehead atoms. The maximum absolute atomic E-state index is 12.4. The first-order valence-corrected chi connectivity index (χ1v) is 10.0. The molecule has 4 rings (SSSR count). The molecule has 0 radical (unpaired) electrons. The van der Waals surface area contributed by atoms with E-state index in [0.717, 1.165) is 33.7 Å². The van der Waals surface area contributed by atoms with E-state index in [1.54, 1.807) is 31.4 Å². The van der Waals surface area contributed by atoms with Crippen molar-refractivity contribution in [1.82, 2.24) is 4.98 Å². The van der Waals surface area contributed by atoms with Gasteiger partial charge in [0.1, 0.15) is 11.5 Å². The zero-order valence-corrected chi connectivity index (χ0v) is 17.4. The molecule has 3 aromatic carbocycles. The van der Waals surface area contributed by atoms with Gasteiger partial charge in [-0.25, -0.2) is 9.78 Å². The molecule has 1 aromatic heterocycles. The molecule has 0 atom stereocenters. The second kappa shape index (κ2) is 9.17. The van der Waals surface area contributed by atoms with Crippen LogP contribution in [-0.4, -0.2) is 24.7 Å². The second-order valence-electron chi connectivity index (χ2n) is 6.84. The lowest BCUT2D eigenvalue weighted by atomic mass is 10.1. The summed E-state index contributed by atoms with van der Waals surface area (Å²) in [5.41, 5.74) is 3.98. The number of ether oxygens (including phenoxy) is 2. The maximum Gasteiger partial charge on any atom is 0.323 e. The molecule has 0 aliphatic rings. The second-order valence-corrected chi connectivity index (χ2v) is 6.84. The summed E-state index contributed by atoms with van der Waals surface area (Å²) in [6, 6.07) is 24.3. The van der Waals surface area contributed by atoms with Crippen LogP contribution in [0.3, 0.4) is 0 Å². The fourth-order valence-electron chi connectivity index (χ4n) is 3.27. The molecule has 4 aromatic rings. The summed E-state index contributed by atoms with van der Waals surface area (Å²) in [6.07, 6.45) is 0. The molecule has 156 valence electrons. The van der Waals surface area contributed by atoms with Gasteiger partial charge in [0, 0.05) is 28.4 Å². The molecule has 0 aliphatic heterocycles. The molecule has 1 heterocycles. The Bertz CT molecular complexity index is 1190. The summed E-state index contributed by atoms with van der Waals surface area (Å²) >= 11 is 0. The molecule has 2 N–H and O–H groups in total. The smallest absolute Gasteiger partial charge is 0.323 e. The Morgan fingerprint density at radius 3 is 2.32 bits per heavy atom. The average molecular weight is 413 g/mol. The minimum absolute atomic E-state index is 0.337. The highest BCUT2D eigenvalue weighted by molar-refractivity contribution is 6.01. The zero-order chi connectivity index (χ0) is 21.6. The predicted molar refractivity (Wildman–Crippen MR) is 124 cm³/mol. The van der Waals surface area contributed by atoms with E-state index in [-0.39, 0.29) is 6.03 Å². The van der Waals surface area contributed by atoms with Crippen molar-refractivity contribution < 1.29 is 14.3 Å². The number of rotatable bonds is 6. The lowest BCUT2D eigenvalue weighted by Gasteiger charge is -2.13. The number of nitrogens with zero attached hydrogens (tertiary/aromatic N) is 1. The fourth-order valence-corrected chi connectivity index (χ4v) is 3.27. The van der Waals surface area contributed by atoms with E-state index in [4.69, 9.17) is 14.5 Å². The first kappa shape index (κ1) is 20.2. The third kappa shape index (κ3) is 4.75. The Kier molecular flexibility index (Phi) is 5.98. The number of hydrogen-bond acceptors (Lipinski definition) is 4. The number of methoxy groups -OCH3 is 1. The number of urea groups is 1. The Morgan fingerprint density at radius 2 is 1.61 bits per heavy atom. The summed E-state index contributed by atoms with van der Waals surface area (Å²) in [5.74, 6) is 1.46. The van der Waals surface area contributed by atoms with Gasteiger partial charge in [-0.1, -0.05) is 30.3 Å². The van der Waals surface area contributed by atoms with Crippen LogP contribution in [0.5, 0.6) is 11.5 Å². The molecule has 0 saturated carbocycles. The van der Waals surface area contributed by atoms with Crippen LogP contribution in [0.4, 0.5) is 16.2 Å². The molecule has 2 amide bonds. The van der Waals surface area contributed by atoms with E-state index >= 15 is 0 Å². The number of benzene rings is 3. The number of nitrogens with one attached hydrogen (secondary N) is 2. The minimum atomic E-state index is -0.337. The van der Waals surface area contributed by atoms with Crippen molar-refractivity contribution in [2.45, 2.75) is 6.92 Å². The van der Waals surface area contributed by atoms with Crippen molar-refractivity contribution in [2.24, 2.45) is 0 Å². The highest BCUT2D eigenvalue weighted by Crippen LogP contribution is 2.32. The van der Waals surface area contributed by atoms with Crippen LogP contribution in [0, 0.1) is 0 Å². The highest BCUT2D eigenvalue weighted by atomic mass is 16.5. The average Bonchev–Trinajstić information content (AvgIpc) is 2.80. The molecule has 0 spiro atoms. The summed E-state index contributed by atoms with van der Waals surface area (Å²) in [5, 5.41) is 6.51. The van der Waals surface area contributed by atoms with Crippen LogP contribution >= 0.6 is 0 Å². The van der Waals surface area contributed by atoms with Crippen LogP contribution in [-0.2, 0) is 0 Å². The molecule has 0 saturated heterocycles. The molecule has 31 heavy (non-hydrogen) atoms.